The minimum atomic E-state index is -0.685. The quantitative estimate of drug-likeness (QED) is 0.377. The largest absolute Gasteiger partial charge is 0.383 e. The van der Waals surface area contributed by atoms with Gasteiger partial charge >= 0.3 is 5.82 Å². The number of carbonyl (C=O) groups excluding carboxylic acids is 1. The van der Waals surface area contributed by atoms with Gasteiger partial charge in [0, 0.05) is 13.2 Å². The lowest BCUT2D eigenvalue weighted by molar-refractivity contribution is -0.389. The molecule has 1 amide bonds. The molecule has 0 bridgehead atoms. The molecular weight excluding hydrogens is 254 g/mol. The first-order valence-corrected chi connectivity index (χ1v) is 5.40. The molecule has 104 valence electrons. The van der Waals surface area contributed by atoms with E-state index in [0.717, 1.165) is 12.3 Å². The van der Waals surface area contributed by atoms with Crippen molar-refractivity contribution in [2.24, 2.45) is 5.84 Å². The van der Waals surface area contributed by atoms with Crippen LogP contribution in [-0.2, 0) is 4.74 Å². The molecule has 0 aliphatic carbocycles. The van der Waals surface area contributed by atoms with Crippen LogP contribution in [0.3, 0.4) is 0 Å². The van der Waals surface area contributed by atoms with E-state index in [1.165, 1.54) is 7.11 Å². The zero-order valence-corrected chi connectivity index (χ0v) is 10.5. The van der Waals surface area contributed by atoms with Gasteiger partial charge in [0.15, 0.2) is 6.20 Å². The third-order valence-corrected chi connectivity index (χ3v) is 2.27. The summed E-state index contributed by atoms with van der Waals surface area (Å²) in [5.41, 5.74) is 2.52. The zero-order chi connectivity index (χ0) is 14.4. The number of aromatic nitrogens is 1. The van der Waals surface area contributed by atoms with Gasteiger partial charge in [0.1, 0.15) is 5.69 Å². The van der Waals surface area contributed by atoms with E-state index >= 15 is 0 Å². The molecule has 0 saturated carbocycles. The molecule has 9 nitrogen and oxygen atoms in total. The Hall–Kier alpha value is -2.26. The number of rotatable bonds is 6. The Kier molecular flexibility index (Phi) is 5.15. The summed E-state index contributed by atoms with van der Waals surface area (Å²) in [5, 5.41) is 13.3. The number of hydrazine groups is 1. The molecule has 1 rings (SSSR count). The minimum Gasteiger partial charge on any atom is -0.383 e. The highest BCUT2D eigenvalue weighted by Gasteiger charge is 2.19. The molecule has 0 aliphatic rings. The van der Waals surface area contributed by atoms with Crippen molar-refractivity contribution in [2.45, 2.75) is 13.0 Å². The Morgan fingerprint density at radius 2 is 2.37 bits per heavy atom. The van der Waals surface area contributed by atoms with E-state index in [0.29, 0.717) is 6.61 Å². The number of nitro groups is 1. The first kappa shape index (κ1) is 14.8. The van der Waals surface area contributed by atoms with Gasteiger partial charge in [0.25, 0.3) is 5.91 Å². The molecule has 0 saturated heterocycles. The number of ether oxygens (including phenoxy) is 1. The summed E-state index contributed by atoms with van der Waals surface area (Å²) in [6, 6.07) is 0.819. The van der Waals surface area contributed by atoms with Crippen molar-refractivity contribution in [3.63, 3.8) is 0 Å². The molecule has 1 unspecified atom stereocenters. The molecule has 9 heteroatoms. The van der Waals surface area contributed by atoms with E-state index in [2.05, 4.69) is 15.7 Å². The summed E-state index contributed by atoms with van der Waals surface area (Å²) in [4.78, 5) is 25.5. The fraction of sp³-hybridized carbons (Fsp3) is 0.400. The average Bonchev–Trinajstić information content (AvgIpc) is 2.37. The van der Waals surface area contributed by atoms with Crippen LogP contribution < -0.4 is 16.6 Å². The van der Waals surface area contributed by atoms with Crippen LogP contribution in [0.2, 0.25) is 0 Å². The number of methoxy groups -OCH3 is 1. The molecule has 0 aromatic carbocycles. The lowest BCUT2D eigenvalue weighted by atomic mass is 10.2. The van der Waals surface area contributed by atoms with Gasteiger partial charge in [0.05, 0.1) is 18.2 Å². The molecule has 1 atom stereocenters. The predicted octanol–water partition coefficient (Wildman–Crippen LogP) is 0.0401. The van der Waals surface area contributed by atoms with Gasteiger partial charge in [-0.05, 0) is 16.8 Å². The second-order valence-electron chi connectivity index (χ2n) is 3.82. The number of hydrogen-bond donors (Lipinski definition) is 3. The Morgan fingerprint density at radius 3 is 2.89 bits per heavy atom. The first-order valence-electron chi connectivity index (χ1n) is 5.40. The van der Waals surface area contributed by atoms with E-state index < -0.39 is 16.6 Å². The maximum Gasteiger partial charge on any atom is 0.364 e. The average molecular weight is 269 g/mol. The number of anilines is 1. The normalized spacial score (nSPS) is 11.7. The van der Waals surface area contributed by atoms with Gasteiger partial charge in [-0.25, -0.2) is 0 Å². The fourth-order valence-electron chi connectivity index (χ4n) is 1.44. The van der Waals surface area contributed by atoms with Crippen LogP contribution in [0, 0.1) is 10.1 Å². The van der Waals surface area contributed by atoms with Crippen molar-refractivity contribution in [1.29, 1.82) is 0 Å². The van der Waals surface area contributed by atoms with Crippen molar-refractivity contribution < 1.29 is 14.5 Å². The van der Waals surface area contributed by atoms with Gasteiger partial charge in [-0.2, -0.15) is 0 Å². The minimum absolute atomic E-state index is 0.0483. The number of nitrogens with zero attached hydrogens (tertiary/aromatic N) is 2. The molecule has 4 N–H and O–H groups in total. The van der Waals surface area contributed by atoms with Gasteiger partial charge in [0.2, 0.25) is 0 Å². The lowest BCUT2D eigenvalue weighted by Crippen LogP contribution is -2.36. The summed E-state index contributed by atoms with van der Waals surface area (Å²) in [6.45, 7) is 2.07. The number of hydrogen-bond acceptors (Lipinski definition) is 7. The van der Waals surface area contributed by atoms with Crippen LogP contribution in [0.5, 0.6) is 0 Å². The summed E-state index contributed by atoms with van der Waals surface area (Å²) in [6.07, 6.45) is 1.13. The Balaban J connectivity index is 2.99. The number of nitrogens with one attached hydrogen (secondary N) is 2. The monoisotopic (exact) mass is 269 g/mol. The van der Waals surface area contributed by atoms with Crippen LogP contribution in [0.25, 0.3) is 0 Å². The van der Waals surface area contributed by atoms with Crippen molar-refractivity contribution in [1.82, 2.24) is 10.3 Å². The maximum absolute atomic E-state index is 12.0. The highest BCUT2D eigenvalue weighted by atomic mass is 16.6. The van der Waals surface area contributed by atoms with Crippen LogP contribution in [0.1, 0.15) is 17.3 Å². The smallest absolute Gasteiger partial charge is 0.364 e. The highest BCUT2D eigenvalue weighted by molar-refractivity contribution is 6.00. The van der Waals surface area contributed by atoms with E-state index in [1.807, 2.05) is 0 Å². The second kappa shape index (κ2) is 6.61. The van der Waals surface area contributed by atoms with Gasteiger partial charge in [-0.1, -0.05) is 0 Å². The van der Waals surface area contributed by atoms with Crippen LogP contribution in [-0.4, -0.2) is 35.6 Å². The third kappa shape index (κ3) is 3.86. The van der Waals surface area contributed by atoms with Crippen molar-refractivity contribution in [3.05, 3.63) is 27.9 Å². The number of pyridine rings is 1. The molecule has 1 aromatic heterocycles. The second-order valence-corrected chi connectivity index (χ2v) is 3.82. The summed E-state index contributed by atoms with van der Waals surface area (Å²) < 4.78 is 4.88. The van der Waals surface area contributed by atoms with Crippen LogP contribution in [0.15, 0.2) is 12.3 Å². The van der Waals surface area contributed by atoms with Gasteiger partial charge in [-0.3, -0.25) is 10.6 Å². The van der Waals surface area contributed by atoms with E-state index in [-0.39, 0.29) is 17.3 Å². The van der Waals surface area contributed by atoms with Crippen molar-refractivity contribution >= 4 is 17.4 Å². The Bertz CT molecular complexity index is 479. The molecule has 19 heavy (non-hydrogen) atoms. The number of amides is 1. The molecule has 1 aromatic rings. The lowest BCUT2D eigenvalue weighted by Gasteiger charge is -2.13. The van der Waals surface area contributed by atoms with E-state index in [4.69, 9.17) is 10.6 Å². The van der Waals surface area contributed by atoms with Crippen molar-refractivity contribution in [3.8, 4) is 0 Å². The van der Waals surface area contributed by atoms with Gasteiger partial charge < -0.3 is 25.6 Å². The molecule has 1 heterocycles. The Labute approximate surface area is 109 Å². The van der Waals surface area contributed by atoms with E-state index in [1.54, 1.807) is 6.92 Å². The number of nitrogen functional groups attached to an aromatic ring is 1. The fourth-order valence-corrected chi connectivity index (χ4v) is 1.44. The Morgan fingerprint density at radius 1 is 1.68 bits per heavy atom. The van der Waals surface area contributed by atoms with Crippen LogP contribution in [0.4, 0.5) is 11.5 Å². The highest BCUT2D eigenvalue weighted by Crippen LogP contribution is 2.18. The SMILES string of the molecule is COCC(C)NC(=O)c1cc([N+](=O)[O-])ncc1NN. The zero-order valence-electron chi connectivity index (χ0n) is 10.5. The first-order chi connectivity index (χ1) is 8.99. The molecule has 0 aliphatic heterocycles. The van der Waals surface area contributed by atoms with E-state index in [9.17, 15) is 14.9 Å². The van der Waals surface area contributed by atoms with Crippen LogP contribution >= 0.6 is 0 Å². The summed E-state index contributed by atoms with van der Waals surface area (Å²) in [5.74, 6) is 4.32. The van der Waals surface area contributed by atoms with Crippen molar-refractivity contribution in [2.75, 3.05) is 19.1 Å². The summed E-state index contributed by atoms with van der Waals surface area (Å²) >= 11 is 0. The standard InChI is InChI=1S/C10H15N5O4/c1-6(5-19-2)13-10(16)7-3-9(15(17)18)12-4-8(7)14-11/h3-4,6,14H,5,11H2,1-2H3,(H,13,16). The number of carbonyl (C=O) groups is 1. The van der Waals surface area contributed by atoms with Gasteiger partial charge in [-0.15, -0.1) is 0 Å². The third-order valence-electron chi connectivity index (χ3n) is 2.27. The topological polar surface area (TPSA) is 132 Å². The number of nitrogens with two attached hydrogens (primary N) is 1. The molecule has 0 spiro atoms. The maximum atomic E-state index is 12.0. The molecular formula is C10H15N5O4. The summed E-state index contributed by atoms with van der Waals surface area (Å²) in [7, 11) is 1.51. The molecule has 0 fully saturated rings. The predicted molar refractivity (Wildman–Crippen MR) is 67.5 cm³/mol. The molecule has 0 radical (unpaired) electrons.